The smallest absolute Gasteiger partial charge is 0.335 e. The van der Waals surface area contributed by atoms with Crippen LogP contribution < -0.4 is 5.32 Å². The Kier molecular flexibility index (Phi) is 4.84. The Hall–Kier alpha value is -1.50. The molecule has 1 aromatic rings. The zero-order valence-electron chi connectivity index (χ0n) is 8.88. The lowest BCUT2D eigenvalue weighted by atomic mass is 10.1. The molecule has 0 unspecified atom stereocenters. The summed E-state index contributed by atoms with van der Waals surface area (Å²) in [5, 5.41) is 12.1. The SMILES string of the molecule is CNCCC#Cc1ccc(C(=O)O)cc1Cl. The Morgan fingerprint density at radius 2 is 2.31 bits per heavy atom. The number of hydrogen-bond acceptors (Lipinski definition) is 2. The fourth-order valence-electron chi connectivity index (χ4n) is 1.09. The molecular formula is C12H12ClNO2. The van der Waals surface area contributed by atoms with Crippen molar-refractivity contribution in [3.8, 4) is 11.8 Å². The Bertz CT molecular complexity index is 446. The average Bonchev–Trinajstić information content (AvgIpc) is 2.26. The number of benzene rings is 1. The van der Waals surface area contributed by atoms with Crippen LogP contribution in [0.3, 0.4) is 0 Å². The summed E-state index contributed by atoms with van der Waals surface area (Å²) in [4.78, 5) is 10.7. The summed E-state index contributed by atoms with van der Waals surface area (Å²) < 4.78 is 0. The third-order valence-electron chi connectivity index (χ3n) is 1.94. The number of rotatable bonds is 3. The van der Waals surface area contributed by atoms with Gasteiger partial charge in [-0.15, -0.1) is 0 Å². The molecular weight excluding hydrogens is 226 g/mol. The Labute approximate surface area is 99.4 Å². The monoisotopic (exact) mass is 237 g/mol. The van der Waals surface area contributed by atoms with Crippen LogP contribution in [0.25, 0.3) is 0 Å². The first-order valence-corrected chi connectivity index (χ1v) is 5.19. The van der Waals surface area contributed by atoms with Crippen LogP contribution in [0.5, 0.6) is 0 Å². The number of carboxylic acids is 1. The van der Waals surface area contributed by atoms with Crippen molar-refractivity contribution in [1.82, 2.24) is 5.32 Å². The van der Waals surface area contributed by atoms with Crippen molar-refractivity contribution in [2.45, 2.75) is 6.42 Å². The molecule has 0 spiro atoms. The van der Waals surface area contributed by atoms with E-state index in [1.54, 1.807) is 6.07 Å². The first-order chi connectivity index (χ1) is 7.65. The first-order valence-electron chi connectivity index (χ1n) is 4.81. The van der Waals surface area contributed by atoms with Gasteiger partial charge in [0.1, 0.15) is 0 Å². The second-order valence-electron chi connectivity index (χ2n) is 3.16. The van der Waals surface area contributed by atoms with E-state index >= 15 is 0 Å². The minimum atomic E-state index is -0.989. The molecule has 3 nitrogen and oxygen atoms in total. The van der Waals surface area contributed by atoms with Crippen molar-refractivity contribution in [3.63, 3.8) is 0 Å². The third kappa shape index (κ3) is 3.58. The van der Waals surface area contributed by atoms with Gasteiger partial charge in [0.25, 0.3) is 0 Å². The van der Waals surface area contributed by atoms with Gasteiger partial charge in [0.15, 0.2) is 0 Å². The molecule has 0 aliphatic rings. The molecule has 1 rings (SSSR count). The summed E-state index contributed by atoms with van der Waals surface area (Å²) in [6.07, 6.45) is 0.730. The zero-order valence-corrected chi connectivity index (χ0v) is 9.64. The van der Waals surface area contributed by atoms with Crippen molar-refractivity contribution in [1.29, 1.82) is 0 Å². The normalized spacial score (nSPS) is 9.38. The van der Waals surface area contributed by atoms with Gasteiger partial charge in [-0.05, 0) is 25.2 Å². The topological polar surface area (TPSA) is 49.3 Å². The Morgan fingerprint density at radius 1 is 1.56 bits per heavy atom. The highest BCUT2D eigenvalue weighted by Crippen LogP contribution is 2.16. The fourth-order valence-corrected chi connectivity index (χ4v) is 1.32. The minimum Gasteiger partial charge on any atom is -0.478 e. The van der Waals surface area contributed by atoms with Gasteiger partial charge in [-0.2, -0.15) is 0 Å². The summed E-state index contributed by atoms with van der Waals surface area (Å²) in [7, 11) is 1.86. The molecule has 16 heavy (non-hydrogen) atoms. The van der Waals surface area contributed by atoms with Crippen LogP contribution in [0, 0.1) is 11.8 Å². The lowest BCUT2D eigenvalue weighted by Gasteiger charge is -1.98. The van der Waals surface area contributed by atoms with Crippen molar-refractivity contribution < 1.29 is 9.90 Å². The molecule has 0 atom stereocenters. The lowest BCUT2D eigenvalue weighted by Crippen LogP contribution is -2.05. The number of halogens is 1. The second-order valence-corrected chi connectivity index (χ2v) is 3.56. The van der Waals surface area contributed by atoms with E-state index in [1.807, 2.05) is 7.05 Å². The van der Waals surface area contributed by atoms with E-state index in [4.69, 9.17) is 16.7 Å². The van der Waals surface area contributed by atoms with Crippen LogP contribution in [-0.4, -0.2) is 24.7 Å². The molecule has 0 aliphatic heterocycles. The van der Waals surface area contributed by atoms with Crippen LogP contribution in [0.2, 0.25) is 5.02 Å². The zero-order chi connectivity index (χ0) is 12.0. The molecule has 0 aliphatic carbocycles. The van der Waals surface area contributed by atoms with Gasteiger partial charge in [0.05, 0.1) is 10.6 Å². The fraction of sp³-hybridized carbons (Fsp3) is 0.250. The van der Waals surface area contributed by atoms with Crippen molar-refractivity contribution in [2.75, 3.05) is 13.6 Å². The number of carboxylic acid groups (broad SMARTS) is 1. The molecule has 0 aromatic heterocycles. The van der Waals surface area contributed by atoms with E-state index in [-0.39, 0.29) is 5.56 Å². The predicted molar refractivity (Wildman–Crippen MR) is 63.8 cm³/mol. The maximum Gasteiger partial charge on any atom is 0.335 e. The maximum absolute atomic E-state index is 10.7. The molecule has 0 bridgehead atoms. The minimum absolute atomic E-state index is 0.172. The molecule has 2 N–H and O–H groups in total. The van der Waals surface area contributed by atoms with E-state index in [2.05, 4.69) is 17.2 Å². The summed E-state index contributed by atoms with van der Waals surface area (Å²) in [6, 6.07) is 4.53. The summed E-state index contributed by atoms with van der Waals surface area (Å²) in [5.74, 6) is 4.86. The van der Waals surface area contributed by atoms with Gasteiger partial charge in [0.2, 0.25) is 0 Å². The van der Waals surface area contributed by atoms with Crippen LogP contribution in [0.15, 0.2) is 18.2 Å². The molecule has 0 saturated carbocycles. The highest BCUT2D eigenvalue weighted by molar-refractivity contribution is 6.32. The molecule has 4 heteroatoms. The molecule has 0 heterocycles. The maximum atomic E-state index is 10.7. The van der Waals surface area contributed by atoms with E-state index in [0.29, 0.717) is 10.6 Å². The van der Waals surface area contributed by atoms with Gasteiger partial charge in [-0.1, -0.05) is 23.4 Å². The summed E-state index contributed by atoms with van der Waals surface area (Å²) in [5.41, 5.74) is 0.827. The number of aromatic carboxylic acids is 1. The van der Waals surface area contributed by atoms with Gasteiger partial charge in [-0.3, -0.25) is 0 Å². The third-order valence-corrected chi connectivity index (χ3v) is 2.25. The van der Waals surface area contributed by atoms with Gasteiger partial charge < -0.3 is 10.4 Å². The van der Waals surface area contributed by atoms with Crippen molar-refractivity contribution in [2.24, 2.45) is 0 Å². The van der Waals surface area contributed by atoms with Crippen LogP contribution in [0.4, 0.5) is 0 Å². The molecule has 0 saturated heterocycles. The van der Waals surface area contributed by atoms with E-state index in [9.17, 15) is 4.79 Å². The predicted octanol–water partition coefficient (Wildman–Crippen LogP) is 2.00. The molecule has 84 valence electrons. The van der Waals surface area contributed by atoms with Crippen molar-refractivity contribution in [3.05, 3.63) is 34.3 Å². The Morgan fingerprint density at radius 3 is 2.88 bits per heavy atom. The standard InChI is InChI=1S/C12H12ClNO2/c1-14-7-3-2-4-9-5-6-10(12(15)16)8-11(9)13/h5-6,8,14H,3,7H2,1H3,(H,15,16). The molecule has 1 aromatic carbocycles. The number of hydrogen-bond donors (Lipinski definition) is 2. The summed E-state index contributed by atoms with van der Waals surface area (Å²) >= 11 is 5.90. The quantitative estimate of drug-likeness (QED) is 0.625. The first kappa shape index (κ1) is 12.6. The van der Waals surface area contributed by atoms with E-state index < -0.39 is 5.97 Å². The highest BCUT2D eigenvalue weighted by atomic mass is 35.5. The van der Waals surface area contributed by atoms with Crippen molar-refractivity contribution >= 4 is 17.6 Å². The van der Waals surface area contributed by atoms with Crippen LogP contribution in [-0.2, 0) is 0 Å². The molecule has 0 amide bonds. The highest BCUT2D eigenvalue weighted by Gasteiger charge is 2.04. The van der Waals surface area contributed by atoms with Gasteiger partial charge in [-0.25, -0.2) is 4.79 Å². The lowest BCUT2D eigenvalue weighted by molar-refractivity contribution is 0.0697. The van der Waals surface area contributed by atoms with E-state index in [1.165, 1.54) is 12.1 Å². The van der Waals surface area contributed by atoms with Crippen LogP contribution >= 0.6 is 11.6 Å². The van der Waals surface area contributed by atoms with Crippen LogP contribution in [0.1, 0.15) is 22.3 Å². The largest absolute Gasteiger partial charge is 0.478 e. The molecule has 0 fully saturated rings. The average molecular weight is 238 g/mol. The Balaban J connectivity index is 2.81. The van der Waals surface area contributed by atoms with Gasteiger partial charge in [0, 0.05) is 18.5 Å². The number of nitrogens with one attached hydrogen (secondary N) is 1. The molecule has 0 radical (unpaired) electrons. The van der Waals surface area contributed by atoms with E-state index in [0.717, 1.165) is 13.0 Å². The summed E-state index contributed by atoms with van der Waals surface area (Å²) in [6.45, 7) is 0.817. The van der Waals surface area contributed by atoms with Gasteiger partial charge >= 0.3 is 5.97 Å². The number of carbonyl (C=O) groups is 1. The second kappa shape index (κ2) is 6.16.